The number of hydrogen-bond acceptors (Lipinski definition) is 2. The molecule has 1 unspecified atom stereocenters. The van der Waals surface area contributed by atoms with Crippen LogP contribution in [0.1, 0.15) is 45.4 Å². The Morgan fingerprint density at radius 1 is 1.47 bits per heavy atom. The number of hydrogen-bond donors (Lipinski definition) is 1. The van der Waals surface area contributed by atoms with Crippen molar-refractivity contribution in [2.24, 2.45) is 5.92 Å². The fourth-order valence-corrected chi connectivity index (χ4v) is 2.49. The van der Waals surface area contributed by atoms with E-state index in [1.165, 1.54) is 6.42 Å². The first-order chi connectivity index (χ1) is 8.22. The molecule has 2 fully saturated rings. The van der Waals surface area contributed by atoms with Crippen LogP contribution in [0.15, 0.2) is 0 Å². The predicted octanol–water partition coefficient (Wildman–Crippen LogP) is 1.30. The molecule has 17 heavy (non-hydrogen) atoms. The first-order valence-electron chi connectivity index (χ1n) is 6.79. The second kappa shape index (κ2) is 5.52. The van der Waals surface area contributed by atoms with E-state index < -0.39 is 0 Å². The van der Waals surface area contributed by atoms with Crippen LogP contribution in [0.5, 0.6) is 0 Å². The number of amides is 2. The Morgan fingerprint density at radius 3 is 2.82 bits per heavy atom. The number of nitrogens with zero attached hydrogens (tertiary/aromatic N) is 1. The van der Waals surface area contributed by atoms with Crippen LogP contribution in [0.2, 0.25) is 0 Å². The highest BCUT2D eigenvalue weighted by molar-refractivity contribution is 5.89. The molecule has 1 N–H and O–H groups in total. The van der Waals surface area contributed by atoms with Gasteiger partial charge in [-0.25, -0.2) is 0 Å². The van der Waals surface area contributed by atoms with Crippen molar-refractivity contribution in [3.05, 3.63) is 0 Å². The molecule has 2 rings (SSSR count). The van der Waals surface area contributed by atoms with Crippen molar-refractivity contribution in [3.8, 4) is 0 Å². The van der Waals surface area contributed by atoms with Crippen molar-refractivity contribution in [2.75, 3.05) is 13.1 Å². The van der Waals surface area contributed by atoms with E-state index in [4.69, 9.17) is 0 Å². The number of likely N-dealkylation sites (tertiary alicyclic amines) is 1. The van der Waals surface area contributed by atoms with Gasteiger partial charge in [-0.05, 0) is 25.7 Å². The van der Waals surface area contributed by atoms with Gasteiger partial charge >= 0.3 is 0 Å². The average molecular weight is 238 g/mol. The lowest BCUT2D eigenvalue weighted by Gasteiger charge is -2.34. The first kappa shape index (κ1) is 12.4. The summed E-state index contributed by atoms with van der Waals surface area (Å²) in [5.74, 6) is 0.124. The minimum absolute atomic E-state index is 0.0635. The number of carbonyl (C=O) groups excluding carboxylic acids is 2. The highest BCUT2D eigenvalue weighted by Crippen LogP contribution is 2.30. The quantitative estimate of drug-likeness (QED) is 0.734. The smallest absolute Gasteiger partial charge is 0.225 e. The van der Waals surface area contributed by atoms with Crippen LogP contribution in [0, 0.1) is 5.92 Å². The van der Waals surface area contributed by atoms with E-state index >= 15 is 0 Å². The van der Waals surface area contributed by atoms with E-state index in [2.05, 4.69) is 12.2 Å². The van der Waals surface area contributed by atoms with Crippen LogP contribution >= 0.6 is 0 Å². The van der Waals surface area contributed by atoms with Gasteiger partial charge in [0.05, 0.1) is 5.92 Å². The summed E-state index contributed by atoms with van der Waals surface area (Å²) >= 11 is 0. The van der Waals surface area contributed by atoms with Gasteiger partial charge in [-0.2, -0.15) is 0 Å². The van der Waals surface area contributed by atoms with Crippen molar-refractivity contribution in [1.29, 1.82) is 0 Å². The Labute approximate surface area is 103 Å². The second-order valence-corrected chi connectivity index (χ2v) is 5.18. The van der Waals surface area contributed by atoms with Crippen molar-refractivity contribution in [2.45, 2.75) is 51.5 Å². The topological polar surface area (TPSA) is 49.4 Å². The van der Waals surface area contributed by atoms with Gasteiger partial charge in [0.25, 0.3) is 0 Å². The molecule has 1 heterocycles. The van der Waals surface area contributed by atoms with Crippen molar-refractivity contribution >= 4 is 11.8 Å². The number of rotatable bonds is 5. The Bertz CT molecular complexity index is 300. The third kappa shape index (κ3) is 2.79. The second-order valence-electron chi connectivity index (χ2n) is 5.18. The van der Waals surface area contributed by atoms with Crippen LogP contribution in [-0.4, -0.2) is 35.8 Å². The summed E-state index contributed by atoms with van der Waals surface area (Å²) in [5, 5.41) is 2.92. The molecule has 4 heteroatoms. The van der Waals surface area contributed by atoms with Gasteiger partial charge in [0.2, 0.25) is 11.8 Å². The van der Waals surface area contributed by atoms with Gasteiger partial charge in [-0.3, -0.25) is 9.59 Å². The third-order valence-electron chi connectivity index (χ3n) is 3.87. The predicted molar refractivity (Wildman–Crippen MR) is 65.4 cm³/mol. The van der Waals surface area contributed by atoms with Crippen molar-refractivity contribution < 1.29 is 9.59 Å². The van der Waals surface area contributed by atoms with Gasteiger partial charge in [-0.1, -0.05) is 13.3 Å². The lowest BCUT2D eigenvalue weighted by Crippen LogP contribution is -2.42. The van der Waals surface area contributed by atoms with Crippen molar-refractivity contribution in [1.82, 2.24) is 10.2 Å². The standard InChI is InChI=1S/C13H22N2O2/c1-2-3-7-14-13(17)10-8-12(16)15(9-10)11-5-4-6-11/h10-11H,2-9H2,1H3,(H,14,17). The van der Waals surface area contributed by atoms with Crippen LogP contribution in [0.25, 0.3) is 0 Å². The van der Waals surface area contributed by atoms with Gasteiger partial charge in [0.15, 0.2) is 0 Å². The first-order valence-corrected chi connectivity index (χ1v) is 6.79. The Kier molecular flexibility index (Phi) is 4.02. The van der Waals surface area contributed by atoms with Gasteiger partial charge in [0, 0.05) is 25.6 Å². The molecule has 1 aliphatic carbocycles. The normalized spacial score (nSPS) is 24.9. The summed E-state index contributed by atoms with van der Waals surface area (Å²) in [6, 6.07) is 0.427. The zero-order chi connectivity index (χ0) is 12.3. The monoisotopic (exact) mass is 238 g/mol. The molecule has 1 aliphatic heterocycles. The zero-order valence-electron chi connectivity index (χ0n) is 10.6. The van der Waals surface area contributed by atoms with Gasteiger partial charge in [0.1, 0.15) is 0 Å². The molecule has 0 aromatic rings. The van der Waals surface area contributed by atoms with Crippen LogP contribution < -0.4 is 5.32 Å². The third-order valence-corrected chi connectivity index (χ3v) is 3.87. The van der Waals surface area contributed by atoms with Gasteiger partial charge in [-0.15, -0.1) is 0 Å². The summed E-state index contributed by atoms with van der Waals surface area (Å²) in [6.45, 7) is 3.48. The molecular formula is C13H22N2O2. The number of unbranched alkanes of at least 4 members (excludes halogenated alkanes) is 1. The summed E-state index contributed by atoms with van der Waals surface area (Å²) in [5.41, 5.74) is 0. The highest BCUT2D eigenvalue weighted by Gasteiger charge is 2.39. The molecule has 1 saturated heterocycles. The van der Waals surface area contributed by atoms with E-state index in [0.29, 0.717) is 19.0 Å². The van der Waals surface area contributed by atoms with E-state index in [9.17, 15) is 9.59 Å². The summed E-state index contributed by atoms with van der Waals surface area (Å²) in [4.78, 5) is 25.6. The largest absolute Gasteiger partial charge is 0.356 e. The number of nitrogens with one attached hydrogen (secondary N) is 1. The molecule has 0 bridgehead atoms. The van der Waals surface area contributed by atoms with Crippen LogP contribution in [-0.2, 0) is 9.59 Å². The van der Waals surface area contributed by atoms with E-state index in [1.807, 2.05) is 4.90 Å². The fraction of sp³-hybridized carbons (Fsp3) is 0.846. The minimum atomic E-state index is -0.111. The lowest BCUT2D eigenvalue weighted by atomic mass is 9.92. The maximum Gasteiger partial charge on any atom is 0.225 e. The molecule has 96 valence electrons. The molecule has 4 nitrogen and oxygen atoms in total. The molecule has 1 atom stereocenters. The van der Waals surface area contributed by atoms with Crippen LogP contribution in [0.4, 0.5) is 0 Å². The average Bonchev–Trinajstić information content (AvgIpc) is 2.59. The van der Waals surface area contributed by atoms with E-state index in [0.717, 1.165) is 32.2 Å². The van der Waals surface area contributed by atoms with Gasteiger partial charge < -0.3 is 10.2 Å². The Hall–Kier alpha value is -1.06. The fourth-order valence-electron chi connectivity index (χ4n) is 2.49. The summed E-state index contributed by atoms with van der Waals surface area (Å²) in [7, 11) is 0. The minimum Gasteiger partial charge on any atom is -0.356 e. The summed E-state index contributed by atoms with van der Waals surface area (Å²) < 4.78 is 0. The maximum atomic E-state index is 11.9. The zero-order valence-corrected chi connectivity index (χ0v) is 10.6. The highest BCUT2D eigenvalue weighted by atomic mass is 16.2. The van der Waals surface area contributed by atoms with E-state index in [1.54, 1.807) is 0 Å². The molecule has 0 aromatic carbocycles. The molecule has 2 aliphatic rings. The van der Waals surface area contributed by atoms with Crippen molar-refractivity contribution in [3.63, 3.8) is 0 Å². The lowest BCUT2D eigenvalue weighted by molar-refractivity contribution is -0.131. The molecule has 1 saturated carbocycles. The summed E-state index contributed by atoms with van der Waals surface area (Å²) in [6.07, 6.45) is 5.97. The maximum absolute atomic E-state index is 11.9. The van der Waals surface area contributed by atoms with Crippen LogP contribution in [0.3, 0.4) is 0 Å². The van der Waals surface area contributed by atoms with E-state index in [-0.39, 0.29) is 17.7 Å². The number of carbonyl (C=O) groups is 2. The SMILES string of the molecule is CCCCNC(=O)C1CC(=O)N(C2CCC2)C1. The molecular weight excluding hydrogens is 216 g/mol. The molecule has 0 radical (unpaired) electrons. The molecule has 0 aromatic heterocycles. The molecule has 0 spiro atoms. The Balaban J connectivity index is 1.79. The Morgan fingerprint density at radius 2 is 2.24 bits per heavy atom. The molecule has 2 amide bonds.